The molecule has 0 saturated carbocycles. The molecule has 0 spiro atoms. The number of hydrogen-bond acceptors (Lipinski definition) is 4. The van der Waals surface area contributed by atoms with Gasteiger partial charge in [-0.1, -0.05) is 32.4 Å². The zero-order valence-corrected chi connectivity index (χ0v) is 15.0. The summed E-state index contributed by atoms with van der Waals surface area (Å²) in [4.78, 5) is 13.3. The number of rotatable bonds is 2. The Kier molecular flexibility index (Phi) is 4.28. The molecule has 0 aliphatic heterocycles. The lowest BCUT2D eigenvalue weighted by Crippen LogP contribution is -2.51. The highest BCUT2D eigenvalue weighted by Crippen LogP contribution is 2.40. The Balaban J connectivity index is 2.72. The van der Waals surface area contributed by atoms with Crippen molar-refractivity contribution in [2.75, 3.05) is 0 Å². The second kappa shape index (κ2) is 5.63. The van der Waals surface area contributed by atoms with Gasteiger partial charge in [0.1, 0.15) is 11.2 Å². The molecule has 0 bridgehead atoms. The smallest absolute Gasteiger partial charge is 0.408 e. The molecule has 23 heavy (non-hydrogen) atoms. The van der Waals surface area contributed by atoms with E-state index in [1.165, 1.54) is 9.42 Å². The Morgan fingerprint density at radius 3 is 2.30 bits per heavy atom. The van der Waals surface area contributed by atoms with Crippen molar-refractivity contribution in [3.8, 4) is 0 Å². The highest BCUT2D eigenvalue weighted by molar-refractivity contribution is 6.29. The number of hydrogen-bond donors (Lipinski definition) is 1. The monoisotopic (exact) mass is 339 g/mol. The van der Waals surface area contributed by atoms with Gasteiger partial charge in [0.25, 0.3) is 0 Å². The Morgan fingerprint density at radius 1 is 1.22 bits per heavy atom. The van der Waals surface area contributed by atoms with Crippen LogP contribution in [-0.4, -0.2) is 41.5 Å². The predicted molar refractivity (Wildman–Crippen MR) is 87.6 cm³/mol. The van der Waals surface area contributed by atoms with Gasteiger partial charge in [0.05, 0.1) is 0 Å². The van der Waals surface area contributed by atoms with Crippen molar-refractivity contribution in [1.29, 1.82) is 0 Å². The van der Waals surface area contributed by atoms with Gasteiger partial charge in [0, 0.05) is 5.54 Å². The molecule has 1 unspecified atom stereocenters. The van der Waals surface area contributed by atoms with Crippen molar-refractivity contribution in [1.82, 2.24) is 24.7 Å². The van der Waals surface area contributed by atoms with Gasteiger partial charge >= 0.3 is 6.09 Å². The molecule has 0 aliphatic carbocycles. The molecule has 2 aromatic rings. The van der Waals surface area contributed by atoms with Crippen LogP contribution < -0.4 is 0 Å². The number of carboxylic acid groups (broad SMARTS) is 1. The molecule has 8 heteroatoms. The fourth-order valence-corrected chi connectivity index (χ4v) is 2.77. The standard InChI is InChI=1S/C15H22ClN5O2/c1-14(2,3)11(20(13(22)23)15(4,5)6)12-18-17-10-8-7-9(16)19-21(10)12/h7-8,11H,1-6H3,(H,22,23). The van der Waals surface area contributed by atoms with Crippen molar-refractivity contribution in [2.45, 2.75) is 53.1 Å². The number of fused-ring (bicyclic) bond motifs is 1. The van der Waals surface area contributed by atoms with Crippen LogP contribution in [0.1, 0.15) is 53.4 Å². The molecule has 2 rings (SSSR count). The molecule has 1 amide bonds. The van der Waals surface area contributed by atoms with E-state index in [4.69, 9.17) is 11.6 Å². The van der Waals surface area contributed by atoms with Gasteiger partial charge in [-0.2, -0.15) is 9.61 Å². The maximum Gasteiger partial charge on any atom is 0.408 e. The fraction of sp³-hybridized carbons (Fsp3) is 0.600. The molecule has 0 fully saturated rings. The van der Waals surface area contributed by atoms with Gasteiger partial charge in [-0.05, 0) is 38.3 Å². The third kappa shape index (κ3) is 3.39. The predicted octanol–water partition coefficient (Wildman–Crippen LogP) is 3.64. The van der Waals surface area contributed by atoms with Gasteiger partial charge in [-0.15, -0.1) is 10.2 Å². The topological polar surface area (TPSA) is 83.6 Å². The van der Waals surface area contributed by atoms with Gasteiger partial charge in [-0.25, -0.2) is 4.79 Å². The van der Waals surface area contributed by atoms with Gasteiger partial charge in [0.2, 0.25) is 0 Å². The number of nitrogens with zero attached hydrogens (tertiary/aromatic N) is 5. The van der Waals surface area contributed by atoms with E-state index in [2.05, 4.69) is 15.3 Å². The van der Waals surface area contributed by atoms with Crippen LogP contribution >= 0.6 is 11.6 Å². The van der Waals surface area contributed by atoms with Crippen LogP contribution in [0.15, 0.2) is 12.1 Å². The van der Waals surface area contributed by atoms with Gasteiger partial charge < -0.3 is 5.11 Å². The number of aromatic nitrogens is 4. The minimum Gasteiger partial charge on any atom is -0.465 e. The van der Waals surface area contributed by atoms with Crippen molar-refractivity contribution < 1.29 is 9.90 Å². The zero-order valence-electron chi connectivity index (χ0n) is 14.2. The summed E-state index contributed by atoms with van der Waals surface area (Å²) in [6.07, 6.45) is -1.02. The first-order chi connectivity index (χ1) is 10.4. The molecule has 0 aromatic carbocycles. The lowest BCUT2D eigenvalue weighted by Gasteiger charge is -2.44. The van der Waals surface area contributed by atoms with Crippen LogP contribution in [0.5, 0.6) is 0 Å². The van der Waals surface area contributed by atoms with Crippen LogP contribution in [0.25, 0.3) is 5.65 Å². The minimum atomic E-state index is -1.02. The van der Waals surface area contributed by atoms with E-state index in [0.29, 0.717) is 16.6 Å². The van der Waals surface area contributed by atoms with Gasteiger partial charge in [-0.3, -0.25) is 4.90 Å². The number of carbonyl (C=O) groups is 1. The van der Waals surface area contributed by atoms with E-state index in [9.17, 15) is 9.90 Å². The summed E-state index contributed by atoms with van der Waals surface area (Å²) < 4.78 is 1.51. The molecule has 2 aromatic heterocycles. The quantitative estimate of drug-likeness (QED) is 0.902. The Hall–Kier alpha value is -1.89. The lowest BCUT2D eigenvalue weighted by atomic mass is 9.83. The summed E-state index contributed by atoms with van der Waals surface area (Å²) in [6, 6.07) is 2.79. The van der Waals surface area contributed by atoms with Crippen LogP contribution in [-0.2, 0) is 0 Å². The van der Waals surface area contributed by atoms with E-state index in [0.717, 1.165) is 0 Å². The minimum absolute atomic E-state index is 0.295. The molecule has 7 nitrogen and oxygen atoms in total. The second-order valence-corrected chi connectivity index (χ2v) is 7.96. The average Bonchev–Trinajstić information content (AvgIpc) is 2.74. The summed E-state index contributed by atoms with van der Waals surface area (Å²) in [7, 11) is 0. The first kappa shape index (κ1) is 17.5. The summed E-state index contributed by atoms with van der Waals surface area (Å²) in [6.45, 7) is 11.4. The van der Waals surface area contributed by atoms with E-state index in [1.807, 2.05) is 41.5 Å². The van der Waals surface area contributed by atoms with Crippen LogP contribution in [0, 0.1) is 5.41 Å². The Morgan fingerprint density at radius 2 is 1.83 bits per heavy atom. The van der Waals surface area contributed by atoms with E-state index in [1.54, 1.807) is 12.1 Å². The maximum atomic E-state index is 12.0. The summed E-state index contributed by atoms with van der Waals surface area (Å²) >= 11 is 5.98. The number of amides is 1. The van der Waals surface area contributed by atoms with E-state index >= 15 is 0 Å². The third-order valence-electron chi connectivity index (χ3n) is 3.51. The second-order valence-electron chi connectivity index (χ2n) is 7.58. The molecule has 1 atom stereocenters. The van der Waals surface area contributed by atoms with Crippen molar-refractivity contribution in [2.24, 2.45) is 5.41 Å². The van der Waals surface area contributed by atoms with Crippen molar-refractivity contribution in [3.63, 3.8) is 0 Å². The van der Waals surface area contributed by atoms with Crippen LogP contribution in [0.2, 0.25) is 5.15 Å². The highest BCUT2D eigenvalue weighted by atomic mass is 35.5. The largest absolute Gasteiger partial charge is 0.465 e. The molecule has 126 valence electrons. The number of halogens is 1. The Bertz CT molecular complexity index is 730. The normalized spacial score (nSPS) is 14.0. The van der Waals surface area contributed by atoms with Crippen LogP contribution in [0.4, 0.5) is 4.79 Å². The van der Waals surface area contributed by atoms with Gasteiger partial charge in [0.15, 0.2) is 11.5 Å². The summed E-state index contributed by atoms with van der Waals surface area (Å²) in [5.41, 5.74) is -0.509. The van der Waals surface area contributed by atoms with Crippen molar-refractivity contribution in [3.05, 3.63) is 23.1 Å². The molecular formula is C15H22ClN5O2. The lowest BCUT2D eigenvalue weighted by molar-refractivity contribution is 0.0226. The van der Waals surface area contributed by atoms with E-state index < -0.39 is 23.1 Å². The van der Waals surface area contributed by atoms with E-state index in [-0.39, 0.29) is 0 Å². The fourth-order valence-electron chi connectivity index (χ4n) is 2.63. The first-order valence-electron chi connectivity index (χ1n) is 7.33. The molecule has 2 heterocycles. The molecule has 0 saturated heterocycles. The average molecular weight is 340 g/mol. The SMILES string of the molecule is CC(C)(C)C(c1nnc2ccc(Cl)nn12)N(C(=O)O)C(C)(C)C. The maximum absolute atomic E-state index is 12.0. The molecular weight excluding hydrogens is 318 g/mol. The zero-order chi connectivity index (χ0) is 17.6. The molecule has 0 aliphatic rings. The van der Waals surface area contributed by atoms with Crippen molar-refractivity contribution >= 4 is 23.3 Å². The highest BCUT2D eigenvalue weighted by Gasteiger charge is 2.43. The molecule has 1 N–H and O–H groups in total. The summed E-state index contributed by atoms with van der Waals surface area (Å²) in [5, 5.41) is 22.6. The third-order valence-corrected chi connectivity index (χ3v) is 3.71. The Labute approximate surface area is 140 Å². The molecule has 0 radical (unpaired) electrons. The van der Waals surface area contributed by atoms with Crippen LogP contribution in [0.3, 0.4) is 0 Å². The first-order valence-corrected chi connectivity index (χ1v) is 7.71. The summed E-state index contributed by atoms with van der Waals surface area (Å²) in [5.74, 6) is 0.451.